The smallest absolute Gasteiger partial charge is 0.291 e. The minimum Gasteiger partial charge on any atom is -0.459 e. The maximum Gasteiger partial charge on any atom is 0.291 e. The fourth-order valence-electron chi connectivity index (χ4n) is 2.08. The van der Waals surface area contributed by atoms with Crippen molar-refractivity contribution in [2.45, 2.75) is 6.92 Å². The Balaban J connectivity index is 1.72. The Morgan fingerprint density at radius 1 is 1.00 bits per heavy atom. The molecule has 0 unspecified atom stereocenters. The molecule has 0 radical (unpaired) electrons. The average Bonchev–Trinajstić information content (AvgIpc) is 3.21. The summed E-state index contributed by atoms with van der Waals surface area (Å²) in [7, 11) is 0. The number of furan rings is 2. The topological polar surface area (TPSA) is 84.5 Å². The summed E-state index contributed by atoms with van der Waals surface area (Å²) in [5.74, 6) is -0.371. The van der Waals surface area contributed by atoms with Crippen LogP contribution in [0.15, 0.2) is 57.8 Å². The van der Waals surface area contributed by atoms with Crippen LogP contribution in [-0.4, -0.2) is 11.8 Å². The van der Waals surface area contributed by atoms with E-state index in [-0.39, 0.29) is 22.5 Å². The first-order valence-electron chi connectivity index (χ1n) is 7.04. The molecule has 2 heterocycles. The number of hydrogen-bond acceptors (Lipinski definition) is 4. The van der Waals surface area contributed by atoms with Gasteiger partial charge in [0.05, 0.1) is 23.2 Å². The second kappa shape index (κ2) is 6.64. The van der Waals surface area contributed by atoms with Crippen LogP contribution in [0.3, 0.4) is 0 Å². The molecule has 3 aromatic rings. The lowest BCUT2D eigenvalue weighted by molar-refractivity contribution is 0.0988. The van der Waals surface area contributed by atoms with Crippen molar-refractivity contribution in [3.05, 3.63) is 71.0 Å². The predicted molar refractivity (Wildman–Crippen MR) is 89.5 cm³/mol. The molecule has 2 amide bonds. The van der Waals surface area contributed by atoms with Gasteiger partial charge in [0, 0.05) is 11.3 Å². The Morgan fingerprint density at radius 3 is 2.46 bits per heavy atom. The molecular formula is C17H13ClN2O4. The van der Waals surface area contributed by atoms with Gasteiger partial charge in [0.1, 0.15) is 0 Å². The van der Waals surface area contributed by atoms with Crippen LogP contribution in [0, 0.1) is 6.92 Å². The number of benzene rings is 1. The van der Waals surface area contributed by atoms with Gasteiger partial charge in [-0.25, -0.2) is 0 Å². The summed E-state index contributed by atoms with van der Waals surface area (Å²) in [5, 5.41) is 5.60. The van der Waals surface area contributed by atoms with Gasteiger partial charge in [-0.05, 0) is 43.3 Å². The first-order valence-corrected chi connectivity index (χ1v) is 7.42. The van der Waals surface area contributed by atoms with Crippen LogP contribution in [0.4, 0.5) is 11.4 Å². The molecule has 0 saturated carbocycles. The highest BCUT2D eigenvalue weighted by molar-refractivity contribution is 6.34. The van der Waals surface area contributed by atoms with Crippen LogP contribution in [0.2, 0.25) is 5.02 Å². The van der Waals surface area contributed by atoms with Crippen molar-refractivity contribution in [3.63, 3.8) is 0 Å². The second-order valence-electron chi connectivity index (χ2n) is 5.01. The molecule has 1 aromatic carbocycles. The number of anilines is 2. The Hall–Kier alpha value is -2.99. The predicted octanol–water partition coefficient (Wildman–Crippen LogP) is 4.34. The molecule has 3 rings (SSSR count). The largest absolute Gasteiger partial charge is 0.459 e. The van der Waals surface area contributed by atoms with Crippen LogP contribution in [-0.2, 0) is 0 Å². The van der Waals surface area contributed by atoms with Crippen LogP contribution in [0.1, 0.15) is 26.7 Å². The number of aryl methyl sites for hydroxylation is 1. The highest BCUT2D eigenvalue weighted by atomic mass is 35.5. The molecule has 0 aliphatic heterocycles. The van der Waals surface area contributed by atoms with Gasteiger partial charge in [-0.3, -0.25) is 9.59 Å². The number of amides is 2. The van der Waals surface area contributed by atoms with Crippen LogP contribution < -0.4 is 10.6 Å². The summed E-state index contributed by atoms with van der Waals surface area (Å²) in [6.45, 7) is 1.78. The molecule has 122 valence electrons. The monoisotopic (exact) mass is 344 g/mol. The Bertz CT molecular complexity index is 884. The third-order valence-corrected chi connectivity index (χ3v) is 3.60. The Labute approximate surface area is 142 Å². The fourth-order valence-corrected chi connectivity index (χ4v) is 2.31. The molecule has 7 heteroatoms. The zero-order valence-corrected chi connectivity index (χ0v) is 13.4. The zero-order valence-electron chi connectivity index (χ0n) is 12.6. The molecule has 0 fully saturated rings. The summed E-state index contributed by atoms with van der Waals surface area (Å²) in [4.78, 5) is 24.0. The van der Waals surface area contributed by atoms with Gasteiger partial charge in [0.15, 0.2) is 11.5 Å². The molecule has 6 nitrogen and oxygen atoms in total. The molecule has 2 aromatic heterocycles. The van der Waals surface area contributed by atoms with Gasteiger partial charge in [0.2, 0.25) is 0 Å². The third kappa shape index (κ3) is 3.33. The highest BCUT2D eigenvalue weighted by Gasteiger charge is 2.15. The molecule has 0 aliphatic rings. The highest BCUT2D eigenvalue weighted by Crippen LogP contribution is 2.26. The molecule has 0 atom stereocenters. The number of carbonyl (C=O) groups excluding carboxylic acids is 2. The van der Waals surface area contributed by atoms with Gasteiger partial charge < -0.3 is 19.5 Å². The normalized spacial score (nSPS) is 10.4. The van der Waals surface area contributed by atoms with Gasteiger partial charge in [-0.15, -0.1) is 0 Å². The van der Waals surface area contributed by atoms with Crippen molar-refractivity contribution >= 4 is 34.8 Å². The molecule has 0 aliphatic carbocycles. The summed E-state index contributed by atoms with van der Waals surface area (Å²) in [6.07, 6.45) is 2.86. The third-order valence-electron chi connectivity index (χ3n) is 3.29. The Kier molecular flexibility index (Phi) is 4.39. The maximum atomic E-state index is 12.1. The maximum absolute atomic E-state index is 12.1. The minimum absolute atomic E-state index is 0.178. The van der Waals surface area contributed by atoms with Gasteiger partial charge >= 0.3 is 0 Å². The molecule has 0 bridgehead atoms. The van der Waals surface area contributed by atoms with Crippen molar-refractivity contribution in [1.82, 2.24) is 0 Å². The van der Waals surface area contributed by atoms with Crippen LogP contribution in [0.5, 0.6) is 0 Å². The number of hydrogen-bond donors (Lipinski definition) is 2. The average molecular weight is 345 g/mol. The molecule has 0 spiro atoms. The Morgan fingerprint density at radius 2 is 1.83 bits per heavy atom. The number of nitrogens with one attached hydrogen (secondary N) is 2. The van der Waals surface area contributed by atoms with E-state index in [4.69, 9.17) is 20.4 Å². The van der Waals surface area contributed by atoms with Crippen molar-refractivity contribution in [1.29, 1.82) is 0 Å². The molecular weight excluding hydrogens is 332 g/mol. The standard InChI is InChI=1S/C17H13ClN2O4/c1-10-6-8-24-15(10)17(22)19-11-4-5-13(12(18)9-11)20-16(21)14-3-2-7-23-14/h2-9H,1H3,(H,19,22)(H,20,21). The number of carbonyl (C=O) groups is 2. The lowest BCUT2D eigenvalue weighted by atomic mass is 10.2. The number of halogens is 1. The summed E-state index contributed by atoms with van der Waals surface area (Å²) < 4.78 is 10.1. The fraction of sp³-hybridized carbons (Fsp3) is 0.0588. The van der Waals surface area contributed by atoms with Gasteiger partial charge in [-0.1, -0.05) is 11.6 Å². The minimum atomic E-state index is -0.412. The zero-order chi connectivity index (χ0) is 17.1. The van der Waals surface area contributed by atoms with E-state index < -0.39 is 5.91 Å². The van der Waals surface area contributed by atoms with Crippen molar-refractivity contribution in [2.75, 3.05) is 10.6 Å². The van der Waals surface area contributed by atoms with Crippen LogP contribution >= 0.6 is 11.6 Å². The quantitative estimate of drug-likeness (QED) is 0.737. The lowest BCUT2D eigenvalue weighted by Gasteiger charge is -2.09. The van der Waals surface area contributed by atoms with E-state index in [9.17, 15) is 9.59 Å². The lowest BCUT2D eigenvalue weighted by Crippen LogP contribution is -2.13. The first kappa shape index (κ1) is 15.9. The summed E-state index contributed by atoms with van der Waals surface area (Å²) in [5.41, 5.74) is 1.63. The summed E-state index contributed by atoms with van der Waals surface area (Å²) in [6, 6.07) is 9.62. The molecule has 2 N–H and O–H groups in total. The molecule has 0 saturated heterocycles. The van der Waals surface area contributed by atoms with Gasteiger partial charge in [-0.2, -0.15) is 0 Å². The van der Waals surface area contributed by atoms with Crippen LogP contribution in [0.25, 0.3) is 0 Å². The van der Waals surface area contributed by atoms with E-state index in [1.165, 1.54) is 18.6 Å². The van der Waals surface area contributed by atoms with Crippen molar-refractivity contribution in [2.24, 2.45) is 0 Å². The van der Waals surface area contributed by atoms with Gasteiger partial charge in [0.25, 0.3) is 11.8 Å². The van der Waals surface area contributed by atoms with E-state index in [1.807, 2.05) is 0 Å². The van der Waals surface area contributed by atoms with E-state index >= 15 is 0 Å². The second-order valence-corrected chi connectivity index (χ2v) is 5.42. The van der Waals surface area contributed by atoms with E-state index in [2.05, 4.69) is 10.6 Å². The summed E-state index contributed by atoms with van der Waals surface area (Å²) >= 11 is 6.15. The van der Waals surface area contributed by atoms with Crippen molar-refractivity contribution < 1.29 is 18.4 Å². The van der Waals surface area contributed by atoms with Crippen molar-refractivity contribution in [3.8, 4) is 0 Å². The van der Waals surface area contributed by atoms with E-state index in [1.54, 1.807) is 37.3 Å². The van der Waals surface area contributed by atoms with E-state index in [0.717, 1.165) is 5.56 Å². The molecule has 24 heavy (non-hydrogen) atoms. The number of rotatable bonds is 4. The first-order chi connectivity index (χ1) is 11.5. The van der Waals surface area contributed by atoms with E-state index in [0.29, 0.717) is 11.4 Å². The SMILES string of the molecule is Cc1ccoc1C(=O)Nc1ccc(NC(=O)c2ccco2)c(Cl)c1.